The van der Waals surface area contributed by atoms with Crippen molar-refractivity contribution < 1.29 is 13.2 Å². The number of fused-ring (bicyclic) bond motifs is 1. The van der Waals surface area contributed by atoms with E-state index in [9.17, 15) is 13.2 Å². The van der Waals surface area contributed by atoms with Crippen molar-refractivity contribution in [2.75, 3.05) is 6.54 Å². The van der Waals surface area contributed by atoms with E-state index in [4.69, 9.17) is 5.73 Å². The van der Waals surface area contributed by atoms with Crippen LogP contribution in [0.15, 0.2) is 0 Å². The summed E-state index contributed by atoms with van der Waals surface area (Å²) in [5, 5.41) is 7.01. The smallest absolute Gasteiger partial charge is 0.328 e. The van der Waals surface area contributed by atoms with Crippen LogP contribution in [0, 0.1) is 0 Å². The molecule has 1 aromatic rings. The van der Waals surface area contributed by atoms with Gasteiger partial charge in [-0.1, -0.05) is 0 Å². The summed E-state index contributed by atoms with van der Waals surface area (Å²) in [6.07, 6.45) is -0.419. The van der Waals surface area contributed by atoms with Gasteiger partial charge in [0.25, 0.3) is 0 Å². The van der Waals surface area contributed by atoms with E-state index >= 15 is 0 Å². The number of rotatable bonds is 1. The molecule has 0 amide bonds. The van der Waals surface area contributed by atoms with Gasteiger partial charge in [-0.15, -0.1) is 10.2 Å². The van der Waals surface area contributed by atoms with Crippen LogP contribution in [0.4, 0.5) is 13.2 Å². The Bertz CT molecular complexity index is 476. The van der Waals surface area contributed by atoms with E-state index < -0.39 is 12.0 Å². The molecular formula is C12H18F3N5. The summed E-state index contributed by atoms with van der Waals surface area (Å²) in [5.74, 6) is -0.462. The number of halogens is 3. The minimum Gasteiger partial charge on any atom is -0.328 e. The van der Waals surface area contributed by atoms with Gasteiger partial charge >= 0.3 is 6.18 Å². The number of hydrogen-bond donors (Lipinski definition) is 1. The average molecular weight is 289 g/mol. The Morgan fingerprint density at radius 3 is 2.40 bits per heavy atom. The van der Waals surface area contributed by atoms with Crippen LogP contribution in [0.5, 0.6) is 0 Å². The van der Waals surface area contributed by atoms with Crippen LogP contribution >= 0.6 is 0 Å². The summed E-state index contributed by atoms with van der Waals surface area (Å²) in [6.45, 7) is 1.37. The highest BCUT2D eigenvalue weighted by Gasteiger charge is 2.40. The molecular weight excluding hydrogens is 271 g/mol. The fraction of sp³-hybridized carbons (Fsp3) is 0.833. The van der Waals surface area contributed by atoms with Crippen molar-refractivity contribution in [2.24, 2.45) is 5.73 Å². The predicted molar refractivity (Wildman–Crippen MR) is 65.7 cm³/mol. The molecule has 1 aromatic heterocycles. The lowest BCUT2D eigenvalue weighted by atomic mass is 9.90. The van der Waals surface area contributed by atoms with Crippen LogP contribution in [0.2, 0.25) is 0 Å². The van der Waals surface area contributed by atoms with Crippen LogP contribution in [0.1, 0.15) is 37.3 Å². The average Bonchev–Trinajstić information content (AvgIpc) is 2.82. The molecule has 0 saturated heterocycles. The Kier molecular flexibility index (Phi) is 3.45. The molecule has 2 N–H and O–H groups in total. The van der Waals surface area contributed by atoms with Crippen molar-refractivity contribution in [1.82, 2.24) is 19.7 Å². The Balaban J connectivity index is 1.72. The Labute approximate surface area is 114 Å². The molecule has 8 heteroatoms. The highest BCUT2D eigenvalue weighted by Crippen LogP contribution is 2.31. The van der Waals surface area contributed by atoms with Crippen molar-refractivity contribution in [3.8, 4) is 0 Å². The van der Waals surface area contributed by atoms with E-state index in [0.717, 1.165) is 25.7 Å². The lowest BCUT2D eigenvalue weighted by Crippen LogP contribution is -2.45. The molecule has 0 bridgehead atoms. The lowest BCUT2D eigenvalue weighted by molar-refractivity contribution is -0.148. The number of nitrogens with zero attached hydrogens (tertiary/aromatic N) is 4. The molecule has 112 valence electrons. The van der Waals surface area contributed by atoms with Crippen molar-refractivity contribution in [1.29, 1.82) is 0 Å². The van der Waals surface area contributed by atoms with Gasteiger partial charge in [0, 0.05) is 25.2 Å². The molecule has 0 spiro atoms. The Morgan fingerprint density at radius 2 is 1.75 bits per heavy atom. The van der Waals surface area contributed by atoms with E-state index in [1.165, 1.54) is 4.57 Å². The van der Waals surface area contributed by atoms with Gasteiger partial charge in [-0.05, 0) is 25.7 Å². The summed E-state index contributed by atoms with van der Waals surface area (Å²) in [5.41, 5.74) is 5.88. The molecule has 2 aliphatic rings. The van der Waals surface area contributed by atoms with Crippen molar-refractivity contribution in [3.63, 3.8) is 0 Å². The zero-order valence-electron chi connectivity index (χ0n) is 11.1. The van der Waals surface area contributed by atoms with E-state index in [1.54, 1.807) is 0 Å². The van der Waals surface area contributed by atoms with Crippen molar-refractivity contribution in [3.05, 3.63) is 11.6 Å². The maximum atomic E-state index is 12.8. The largest absolute Gasteiger partial charge is 0.451 e. The van der Waals surface area contributed by atoms with Gasteiger partial charge in [-0.3, -0.25) is 4.90 Å². The normalized spacial score (nSPS) is 28.4. The minimum absolute atomic E-state index is 0.275. The van der Waals surface area contributed by atoms with Crippen molar-refractivity contribution in [2.45, 2.75) is 57.0 Å². The zero-order chi connectivity index (χ0) is 14.3. The van der Waals surface area contributed by atoms with E-state index in [-0.39, 0.29) is 6.04 Å². The van der Waals surface area contributed by atoms with Crippen LogP contribution in [0.25, 0.3) is 0 Å². The Morgan fingerprint density at radius 1 is 1.05 bits per heavy atom. The first kappa shape index (κ1) is 13.8. The molecule has 2 heterocycles. The highest BCUT2D eigenvalue weighted by atomic mass is 19.4. The molecule has 1 aliphatic heterocycles. The quantitative estimate of drug-likeness (QED) is 0.848. The molecule has 1 saturated carbocycles. The summed E-state index contributed by atoms with van der Waals surface area (Å²) in [4.78, 5) is 2.22. The molecule has 0 atom stereocenters. The third-order valence-electron chi connectivity index (χ3n) is 4.29. The molecule has 0 aromatic carbocycles. The van der Waals surface area contributed by atoms with Gasteiger partial charge in [0.2, 0.25) is 5.82 Å². The topological polar surface area (TPSA) is 60.0 Å². The van der Waals surface area contributed by atoms with E-state index in [0.29, 0.717) is 31.5 Å². The molecule has 0 radical (unpaired) electrons. The number of nitrogens with two attached hydrogens (primary N) is 1. The molecule has 5 nitrogen and oxygen atoms in total. The van der Waals surface area contributed by atoms with Gasteiger partial charge in [0.1, 0.15) is 5.82 Å². The highest BCUT2D eigenvalue weighted by molar-refractivity contribution is 5.03. The molecule has 1 fully saturated rings. The summed E-state index contributed by atoms with van der Waals surface area (Å²) in [6, 6.07) is 0.686. The molecule has 0 unspecified atom stereocenters. The van der Waals surface area contributed by atoms with E-state index in [2.05, 4.69) is 15.1 Å². The standard InChI is InChI=1S/C12H18F3N5/c13-12(14,15)11-18-17-10-7-19(5-6-20(10)11)9-3-1-8(16)2-4-9/h8-9H,1-7,16H2. The summed E-state index contributed by atoms with van der Waals surface area (Å²) >= 11 is 0. The second-order valence-corrected chi connectivity index (χ2v) is 5.63. The molecule has 20 heavy (non-hydrogen) atoms. The first-order chi connectivity index (χ1) is 9.45. The van der Waals surface area contributed by atoms with Gasteiger partial charge in [0.15, 0.2) is 0 Å². The minimum atomic E-state index is -4.43. The second-order valence-electron chi connectivity index (χ2n) is 5.63. The van der Waals surface area contributed by atoms with Gasteiger partial charge < -0.3 is 10.3 Å². The number of aromatic nitrogens is 3. The fourth-order valence-corrected chi connectivity index (χ4v) is 3.16. The monoisotopic (exact) mass is 289 g/mol. The summed E-state index contributed by atoms with van der Waals surface area (Å²) < 4.78 is 39.5. The maximum Gasteiger partial charge on any atom is 0.451 e. The summed E-state index contributed by atoms with van der Waals surface area (Å²) in [7, 11) is 0. The second kappa shape index (κ2) is 5.00. The first-order valence-corrected chi connectivity index (χ1v) is 6.94. The van der Waals surface area contributed by atoms with Crippen LogP contribution in [0.3, 0.4) is 0 Å². The molecule has 1 aliphatic carbocycles. The van der Waals surface area contributed by atoms with E-state index in [1.807, 2.05) is 0 Å². The van der Waals surface area contributed by atoms with Gasteiger partial charge in [-0.2, -0.15) is 13.2 Å². The third-order valence-corrected chi connectivity index (χ3v) is 4.29. The van der Waals surface area contributed by atoms with Gasteiger partial charge in [-0.25, -0.2) is 0 Å². The number of hydrogen-bond acceptors (Lipinski definition) is 4. The zero-order valence-corrected chi connectivity index (χ0v) is 11.1. The van der Waals surface area contributed by atoms with Crippen LogP contribution in [-0.4, -0.2) is 38.3 Å². The Hall–Kier alpha value is -1.15. The maximum absolute atomic E-state index is 12.8. The van der Waals surface area contributed by atoms with Crippen LogP contribution < -0.4 is 5.73 Å². The first-order valence-electron chi connectivity index (χ1n) is 6.94. The fourth-order valence-electron chi connectivity index (χ4n) is 3.16. The lowest BCUT2D eigenvalue weighted by Gasteiger charge is -2.38. The van der Waals surface area contributed by atoms with Crippen molar-refractivity contribution >= 4 is 0 Å². The SMILES string of the molecule is NC1CCC(N2CCn3c(nnc3C(F)(F)F)C2)CC1. The third kappa shape index (κ3) is 2.54. The molecule has 3 rings (SSSR count). The van der Waals surface area contributed by atoms with Gasteiger partial charge in [0.05, 0.1) is 6.54 Å². The van der Waals surface area contributed by atoms with Crippen LogP contribution in [-0.2, 0) is 19.3 Å². The predicted octanol–water partition coefficient (Wildman–Crippen LogP) is 1.38. The number of alkyl halides is 3.